The first kappa shape index (κ1) is 25.9. The molecule has 0 heterocycles. The third-order valence-corrected chi connectivity index (χ3v) is 4.17. The van der Waals surface area contributed by atoms with E-state index in [1.165, 1.54) is 6.07 Å². The van der Waals surface area contributed by atoms with Crippen molar-refractivity contribution in [2.45, 2.75) is 13.1 Å². The second-order valence-electron chi connectivity index (χ2n) is 6.36. The molecule has 0 aliphatic heterocycles. The average molecular weight is 467 g/mol. The molecule has 2 aromatic rings. The Kier molecular flexibility index (Phi) is 9.74. The van der Waals surface area contributed by atoms with Gasteiger partial charge in [-0.25, -0.2) is 0 Å². The van der Waals surface area contributed by atoms with Gasteiger partial charge in [0.1, 0.15) is 23.7 Å². The van der Waals surface area contributed by atoms with Crippen molar-refractivity contribution in [3.8, 4) is 11.5 Å². The van der Waals surface area contributed by atoms with Crippen molar-refractivity contribution in [2.24, 2.45) is 0 Å². The van der Waals surface area contributed by atoms with Gasteiger partial charge in [-0.05, 0) is 51.4 Å². The Bertz CT molecular complexity index is 862. The van der Waals surface area contributed by atoms with Crippen LogP contribution in [0.4, 0.5) is 18.9 Å². The normalized spacial score (nSPS) is 11.1. The number of ether oxygens (including phenoxy) is 2. The van der Waals surface area contributed by atoms with Gasteiger partial charge in [0.2, 0.25) is 0 Å². The van der Waals surface area contributed by atoms with E-state index < -0.39 is 22.7 Å². The Morgan fingerprint density at radius 2 is 1.77 bits per heavy atom. The van der Waals surface area contributed by atoms with Crippen molar-refractivity contribution in [3.05, 3.63) is 52.5 Å². The van der Waals surface area contributed by atoms with Gasteiger partial charge in [0, 0.05) is 12.2 Å². The van der Waals surface area contributed by atoms with Gasteiger partial charge in [-0.1, -0.05) is 17.7 Å². The van der Waals surface area contributed by atoms with Crippen LogP contribution in [0.1, 0.15) is 22.8 Å². The van der Waals surface area contributed by atoms with Gasteiger partial charge in [-0.15, -0.1) is 12.4 Å². The average Bonchev–Trinajstić information content (AvgIpc) is 2.62. The van der Waals surface area contributed by atoms with Crippen LogP contribution in [-0.4, -0.2) is 44.7 Å². The molecular weight excluding hydrogens is 444 g/mol. The smallest absolute Gasteiger partial charge is 0.417 e. The van der Waals surface area contributed by atoms with E-state index in [4.69, 9.17) is 21.1 Å². The molecule has 0 radical (unpaired) electrons. The fourth-order valence-electron chi connectivity index (χ4n) is 2.48. The molecule has 1 amide bonds. The Hall–Kier alpha value is -2.16. The van der Waals surface area contributed by atoms with Crippen LogP contribution in [0.3, 0.4) is 0 Å². The summed E-state index contributed by atoms with van der Waals surface area (Å²) in [5, 5.41) is 2.02. The molecule has 0 spiro atoms. The number of rotatable bonds is 8. The molecule has 0 fully saturated rings. The maximum Gasteiger partial charge on any atom is 0.417 e. The first-order chi connectivity index (χ1) is 13.6. The number of alkyl halides is 3. The highest BCUT2D eigenvalue weighted by atomic mass is 35.5. The van der Waals surface area contributed by atoms with Crippen LogP contribution in [0.2, 0.25) is 5.02 Å². The van der Waals surface area contributed by atoms with Crippen molar-refractivity contribution < 1.29 is 27.4 Å². The monoisotopic (exact) mass is 466 g/mol. The number of nitrogens with one attached hydrogen (secondary N) is 1. The van der Waals surface area contributed by atoms with Crippen LogP contribution in [0.5, 0.6) is 11.5 Å². The number of benzene rings is 2. The summed E-state index contributed by atoms with van der Waals surface area (Å²) in [7, 11) is 3.76. The molecular formula is C20H23Cl2F3N2O3. The van der Waals surface area contributed by atoms with Gasteiger partial charge in [0.15, 0.2) is 0 Å². The number of hydrogen-bond acceptors (Lipinski definition) is 4. The largest absolute Gasteiger partial charge is 0.493 e. The fourth-order valence-corrected chi connectivity index (χ4v) is 2.71. The van der Waals surface area contributed by atoms with Crippen molar-refractivity contribution in [1.82, 2.24) is 4.90 Å². The molecule has 0 bridgehead atoms. The molecule has 1 N–H and O–H groups in total. The summed E-state index contributed by atoms with van der Waals surface area (Å²) >= 11 is 5.63. The summed E-state index contributed by atoms with van der Waals surface area (Å²) in [4.78, 5) is 14.8. The van der Waals surface area contributed by atoms with Crippen LogP contribution >= 0.6 is 24.0 Å². The van der Waals surface area contributed by atoms with E-state index >= 15 is 0 Å². The lowest BCUT2D eigenvalue weighted by atomic mass is 10.1. The highest BCUT2D eigenvalue weighted by molar-refractivity contribution is 6.31. The molecule has 5 nitrogen and oxygen atoms in total. The van der Waals surface area contributed by atoms with Gasteiger partial charge in [0.05, 0.1) is 17.2 Å². The first-order valence-electron chi connectivity index (χ1n) is 8.85. The van der Waals surface area contributed by atoms with Gasteiger partial charge < -0.3 is 19.7 Å². The number of nitrogens with zero attached hydrogens (tertiary/aromatic N) is 1. The predicted octanol–water partition coefficient (Wildman–Crippen LogP) is 5.37. The lowest BCUT2D eigenvalue weighted by Crippen LogP contribution is -2.21. The molecule has 2 rings (SSSR count). The van der Waals surface area contributed by atoms with Crippen molar-refractivity contribution in [3.63, 3.8) is 0 Å². The van der Waals surface area contributed by atoms with Crippen LogP contribution in [0, 0.1) is 0 Å². The van der Waals surface area contributed by atoms with E-state index in [1.807, 2.05) is 19.0 Å². The molecule has 0 aromatic heterocycles. The number of carbonyl (C=O) groups is 1. The number of carbonyl (C=O) groups excluding carboxylic acids is 1. The van der Waals surface area contributed by atoms with Crippen molar-refractivity contribution in [2.75, 3.05) is 39.2 Å². The fraction of sp³-hybridized carbons (Fsp3) is 0.350. The molecule has 10 heteroatoms. The van der Waals surface area contributed by atoms with Gasteiger partial charge >= 0.3 is 6.18 Å². The predicted molar refractivity (Wildman–Crippen MR) is 113 cm³/mol. The van der Waals surface area contributed by atoms with E-state index in [-0.39, 0.29) is 35.2 Å². The summed E-state index contributed by atoms with van der Waals surface area (Å²) in [5.41, 5.74) is -0.966. The molecule has 0 aliphatic carbocycles. The standard InChI is InChI=1S/C20H22ClF3N2O3.ClH/c1-4-28-16-6-5-7-17(29-11-10-26(2)3)18(16)19(27)25-13-8-9-15(21)14(12-13)20(22,23)24;/h5-9,12H,4,10-11H2,1-3H3,(H,25,27);1H. The minimum absolute atomic E-state index is 0. The second kappa shape index (κ2) is 11.3. The maximum atomic E-state index is 13.1. The molecule has 0 saturated carbocycles. The van der Waals surface area contributed by atoms with Crippen LogP contribution < -0.4 is 14.8 Å². The van der Waals surface area contributed by atoms with Crippen LogP contribution in [0.25, 0.3) is 0 Å². The molecule has 0 saturated heterocycles. The first-order valence-corrected chi connectivity index (χ1v) is 9.22. The van der Waals surface area contributed by atoms with E-state index in [0.29, 0.717) is 19.8 Å². The number of hydrogen-bond donors (Lipinski definition) is 1. The van der Waals surface area contributed by atoms with Gasteiger partial charge in [-0.2, -0.15) is 13.2 Å². The SMILES string of the molecule is CCOc1cccc(OCCN(C)C)c1C(=O)Nc1ccc(Cl)c(C(F)(F)F)c1.Cl. The summed E-state index contributed by atoms with van der Waals surface area (Å²) in [5.74, 6) is -0.0954. The number of likely N-dealkylation sites (N-methyl/N-ethyl adjacent to an activating group) is 1. The summed E-state index contributed by atoms with van der Waals surface area (Å²) in [6.45, 7) is 3.00. The van der Waals surface area contributed by atoms with Crippen molar-refractivity contribution in [1.29, 1.82) is 0 Å². The molecule has 30 heavy (non-hydrogen) atoms. The number of halogens is 5. The van der Waals surface area contributed by atoms with E-state index in [2.05, 4.69) is 5.32 Å². The zero-order chi connectivity index (χ0) is 21.6. The van der Waals surface area contributed by atoms with E-state index in [1.54, 1.807) is 25.1 Å². The van der Waals surface area contributed by atoms with Crippen LogP contribution in [0.15, 0.2) is 36.4 Å². The molecule has 0 unspecified atom stereocenters. The Morgan fingerprint density at radius 1 is 1.13 bits per heavy atom. The summed E-state index contributed by atoms with van der Waals surface area (Å²) in [6.07, 6.45) is -4.64. The zero-order valence-electron chi connectivity index (χ0n) is 16.7. The molecule has 0 aliphatic rings. The maximum absolute atomic E-state index is 13.1. The van der Waals surface area contributed by atoms with E-state index in [9.17, 15) is 18.0 Å². The minimum atomic E-state index is -4.64. The third-order valence-electron chi connectivity index (χ3n) is 3.84. The van der Waals surface area contributed by atoms with E-state index in [0.717, 1.165) is 12.1 Å². The van der Waals surface area contributed by atoms with Crippen molar-refractivity contribution >= 4 is 35.6 Å². The lowest BCUT2D eigenvalue weighted by molar-refractivity contribution is -0.137. The second-order valence-corrected chi connectivity index (χ2v) is 6.77. The lowest BCUT2D eigenvalue weighted by Gasteiger charge is -2.17. The Labute approximate surface area is 184 Å². The highest BCUT2D eigenvalue weighted by Gasteiger charge is 2.33. The number of anilines is 1. The number of amides is 1. The third kappa shape index (κ3) is 6.97. The Balaban J connectivity index is 0.00000450. The topological polar surface area (TPSA) is 50.8 Å². The molecule has 0 atom stereocenters. The molecule has 2 aromatic carbocycles. The van der Waals surface area contributed by atoms with Crippen LogP contribution in [-0.2, 0) is 6.18 Å². The highest BCUT2D eigenvalue weighted by Crippen LogP contribution is 2.37. The van der Waals surface area contributed by atoms with Gasteiger partial charge in [-0.3, -0.25) is 4.79 Å². The summed E-state index contributed by atoms with van der Waals surface area (Å²) in [6, 6.07) is 8.05. The Morgan fingerprint density at radius 3 is 2.33 bits per heavy atom. The zero-order valence-corrected chi connectivity index (χ0v) is 18.2. The summed E-state index contributed by atoms with van der Waals surface area (Å²) < 4.78 is 50.5. The quantitative estimate of drug-likeness (QED) is 0.567. The molecule has 166 valence electrons. The van der Waals surface area contributed by atoms with Gasteiger partial charge in [0.25, 0.3) is 5.91 Å². The minimum Gasteiger partial charge on any atom is -0.493 e.